The van der Waals surface area contributed by atoms with Crippen molar-refractivity contribution < 1.29 is 9.84 Å². The van der Waals surface area contributed by atoms with Crippen LogP contribution in [0.1, 0.15) is 71.1 Å². The summed E-state index contributed by atoms with van der Waals surface area (Å²) in [7, 11) is 0. The Morgan fingerprint density at radius 1 is 0.958 bits per heavy atom. The first kappa shape index (κ1) is 18.6. The van der Waals surface area contributed by atoms with Crippen LogP contribution in [0.5, 0.6) is 0 Å². The molecule has 4 nitrogen and oxygen atoms in total. The Bertz CT molecular complexity index is 350. The Hall–Kier alpha value is -0.160. The topological polar surface area (TPSA) is 44.7 Å². The van der Waals surface area contributed by atoms with Crippen molar-refractivity contribution in [1.29, 1.82) is 0 Å². The van der Waals surface area contributed by atoms with Crippen LogP contribution in [-0.4, -0.2) is 60.5 Å². The van der Waals surface area contributed by atoms with Crippen molar-refractivity contribution in [2.75, 3.05) is 26.3 Å². The quantitative estimate of drug-likeness (QED) is 0.781. The minimum Gasteiger partial charge on any atom is -0.392 e. The number of nitrogens with one attached hydrogen (secondary N) is 1. The molecule has 2 aliphatic carbocycles. The van der Waals surface area contributed by atoms with Crippen molar-refractivity contribution in [2.24, 2.45) is 5.92 Å². The van der Waals surface area contributed by atoms with Crippen LogP contribution in [0.3, 0.4) is 0 Å². The summed E-state index contributed by atoms with van der Waals surface area (Å²) >= 11 is 0. The summed E-state index contributed by atoms with van der Waals surface area (Å²) in [6.07, 6.45) is 12.4. The van der Waals surface area contributed by atoms with Crippen LogP contribution >= 0.6 is 0 Å². The molecule has 3 fully saturated rings. The van der Waals surface area contributed by atoms with Crippen LogP contribution < -0.4 is 5.32 Å². The fraction of sp³-hybridized carbons (Fsp3) is 1.00. The van der Waals surface area contributed by atoms with Gasteiger partial charge in [0.1, 0.15) is 0 Å². The first-order valence-electron chi connectivity index (χ1n) is 10.5. The van der Waals surface area contributed by atoms with E-state index in [2.05, 4.69) is 17.1 Å². The van der Waals surface area contributed by atoms with Crippen LogP contribution in [0.4, 0.5) is 0 Å². The maximum atomic E-state index is 10.2. The predicted octanol–water partition coefficient (Wildman–Crippen LogP) is 2.94. The van der Waals surface area contributed by atoms with Crippen LogP contribution in [0.25, 0.3) is 0 Å². The molecule has 1 aliphatic heterocycles. The molecular formula is C20H38N2O2. The lowest BCUT2D eigenvalue weighted by molar-refractivity contribution is 0.0510. The molecule has 0 aromatic carbocycles. The molecule has 0 aromatic rings. The molecule has 3 aliphatic rings. The van der Waals surface area contributed by atoms with Gasteiger partial charge in [-0.2, -0.15) is 0 Å². The van der Waals surface area contributed by atoms with Gasteiger partial charge in [0.15, 0.2) is 0 Å². The van der Waals surface area contributed by atoms with E-state index in [1.807, 2.05) is 0 Å². The summed E-state index contributed by atoms with van der Waals surface area (Å²) in [6.45, 7) is 6.40. The van der Waals surface area contributed by atoms with E-state index in [1.165, 1.54) is 64.5 Å². The number of nitrogens with zero attached hydrogens (tertiary/aromatic N) is 1. The lowest BCUT2D eigenvalue weighted by Gasteiger charge is -2.42. The molecule has 0 unspecified atom stereocenters. The molecule has 0 aromatic heterocycles. The maximum Gasteiger partial charge on any atom is 0.0693 e. The van der Waals surface area contributed by atoms with Gasteiger partial charge in [0.2, 0.25) is 0 Å². The van der Waals surface area contributed by atoms with Crippen molar-refractivity contribution in [3.05, 3.63) is 0 Å². The number of aliphatic hydroxyl groups excluding tert-OH is 1. The van der Waals surface area contributed by atoms with Crippen LogP contribution in [0.2, 0.25) is 0 Å². The highest BCUT2D eigenvalue weighted by molar-refractivity contribution is 4.88. The molecule has 0 amide bonds. The van der Waals surface area contributed by atoms with Crippen molar-refractivity contribution in [1.82, 2.24) is 10.2 Å². The number of hydrogen-bond donors (Lipinski definition) is 2. The molecule has 4 heteroatoms. The Morgan fingerprint density at radius 2 is 1.67 bits per heavy atom. The number of likely N-dealkylation sites (tertiary alicyclic amines) is 1. The standard InChI is InChI=1S/C20H38N2O2/c1-2-24-15-16-7-9-18(10-8-16)22-13-11-17(12-14-22)21-19-5-3-4-6-20(19)23/h16-21,23H,2-15H2,1H3/t16?,18?,19-,20-/m0/s1. The highest BCUT2D eigenvalue weighted by Crippen LogP contribution is 2.30. The minimum atomic E-state index is -0.114. The highest BCUT2D eigenvalue weighted by Gasteiger charge is 2.31. The van der Waals surface area contributed by atoms with E-state index >= 15 is 0 Å². The van der Waals surface area contributed by atoms with Gasteiger partial charge in [-0.05, 0) is 77.3 Å². The Balaban J connectivity index is 1.35. The summed E-state index contributed by atoms with van der Waals surface area (Å²) in [4.78, 5) is 2.74. The molecular weight excluding hydrogens is 300 g/mol. The molecule has 0 radical (unpaired) electrons. The normalized spacial score (nSPS) is 36.8. The molecule has 1 heterocycles. The third-order valence-electron chi connectivity index (χ3n) is 6.60. The zero-order valence-electron chi connectivity index (χ0n) is 15.6. The molecule has 1 saturated heterocycles. The molecule has 24 heavy (non-hydrogen) atoms. The lowest BCUT2D eigenvalue weighted by Crippen LogP contribution is -2.52. The summed E-state index contributed by atoms with van der Waals surface area (Å²) in [5.41, 5.74) is 0. The van der Waals surface area contributed by atoms with Crippen LogP contribution in [-0.2, 0) is 4.74 Å². The highest BCUT2D eigenvalue weighted by atomic mass is 16.5. The predicted molar refractivity (Wildman–Crippen MR) is 98.2 cm³/mol. The minimum absolute atomic E-state index is 0.114. The van der Waals surface area contributed by atoms with Crippen molar-refractivity contribution in [3.8, 4) is 0 Å². The van der Waals surface area contributed by atoms with E-state index in [0.29, 0.717) is 12.1 Å². The third kappa shape index (κ3) is 5.17. The van der Waals surface area contributed by atoms with Gasteiger partial charge < -0.3 is 20.1 Å². The van der Waals surface area contributed by atoms with Gasteiger partial charge in [0.25, 0.3) is 0 Å². The smallest absolute Gasteiger partial charge is 0.0693 e. The maximum absolute atomic E-state index is 10.2. The first-order valence-corrected chi connectivity index (χ1v) is 10.5. The summed E-state index contributed by atoms with van der Waals surface area (Å²) < 4.78 is 5.61. The largest absolute Gasteiger partial charge is 0.392 e. The Labute approximate surface area is 148 Å². The van der Waals surface area contributed by atoms with Gasteiger partial charge >= 0.3 is 0 Å². The first-order chi connectivity index (χ1) is 11.8. The Kier molecular flexibility index (Phi) is 7.38. The zero-order chi connectivity index (χ0) is 16.8. The second-order valence-corrected chi connectivity index (χ2v) is 8.27. The fourth-order valence-electron chi connectivity index (χ4n) is 5.00. The van der Waals surface area contributed by atoms with Crippen molar-refractivity contribution >= 4 is 0 Å². The van der Waals surface area contributed by atoms with Gasteiger partial charge in [-0.1, -0.05) is 12.8 Å². The summed E-state index contributed by atoms with van der Waals surface area (Å²) in [5.74, 6) is 0.799. The monoisotopic (exact) mass is 338 g/mol. The number of hydrogen-bond acceptors (Lipinski definition) is 4. The van der Waals surface area contributed by atoms with E-state index in [4.69, 9.17) is 4.74 Å². The lowest BCUT2D eigenvalue weighted by atomic mass is 9.84. The van der Waals surface area contributed by atoms with Crippen LogP contribution in [0.15, 0.2) is 0 Å². The van der Waals surface area contributed by atoms with Crippen LogP contribution in [0, 0.1) is 5.92 Å². The van der Waals surface area contributed by atoms with Gasteiger partial charge in [-0.3, -0.25) is 0 Å². The molecule has 2 saturated carbocycles. The van der Waals surface area contributed by atoms with Crippen molar-refractivity contribution in [2.45, 2.75) is 95.4 Å². The number of aliphatic hydroxyl groups is 1. The SMILES string of the molecule is CCOCC1CCC(N2CCC(N[C@H]3CCCC[C@@H]3O)CC2)CC1. The zero-order valence-corrected chi connectivity index (χ0v) is 15.6. The number of ether oxygens (including phenoxy) is 1. The van der Waals surface area contributed by atoms with Gasteiger partial charge in [0, 0.05) is 31.3 Å². The molecule has 0 spiro atoms. The third-order valence-corrected chi connectivity index (χ3v) is 6.60. The molecule has 140 valence electrons. The molecule has 2 atom stereocenters. The average Bonchev–Trinajstić information content (AvgIpc) is 2.63. The fourth-order valence-corrected chi connectivity index (χ4v) is 5.00. The van der Waals surface area contributed by atoms with E-state index in [0.717, 1.165) is 38.0 Å². The van der Waals surface area contributed by atoms with Crippen molar-refractivity contribution in [3.63, 3.8) is 0 Å². The van der Waals surface area contributed by atoms with Gasteiger partial charge in [-0.15, -0.1) is 0 Å². The van der Waals surface area contributed by atoms with E-state index in [-0.39, 0.29) is 6.10 Å². The second-order valence-electron chi connectivity index (χ2n) is 8.27. The van der Waals surface area contributed by atoms with Gasteiger partial charge in [-0.25, -0.2) is 0 Å². The molecule has 3 rings (SSSR count). The molecule has 0 bridgehead atoms. The average molecular weight is 339 g/mol. The molecule has 2 N–H and O–H groups in total. The number of rotatable bonds is 6. The Morgan fingerprint density at radius 3 is 2.33 bits per heavy atom. The number of piperidine rings is 1. The van der Waals surface area contributed by atoms with E-state index in [9.17, 15) is 5.11 Å². The van der Waals surface area contributed by atoms with E-state index < -0.39 is 0 Å². The van der Waals surface area contributed by atoms with E-state index in [1.54, 1.807) is 0 Å². The summed E-state index contributed by atoms with van der Waals surface area (Å²) in [6, 6.07) is 1.78. The second kappa shape index (κ2) is 9.51. The summed E-state index contributed by atoms with van der Waals surface area (Å²) in [5, 5.41) is 13.9. The van der Waals surface area contributed by atoms with Gasteiger partial charge in [0.05, 0.1) is 6.10 Å².